The minimum Gasteiger partial charge on any atom is -0.480 e. The Morgan fingerprint density at radius 3 is 1.01 bits per heavy atom. The van der Waals surface area contributed by atoms with Crippen LogP contribution in [0.3, 0.4) is 0 Å². The molecule has 774 valence electrons. The van der Waals surface area contributed by atoms with Gasteiger partial charge in [-0.2, -0.15) is 0 Å². The number of aliphatic carboxylic acids is 1. The third kappa shape index (κ3) is 24.3. The third-order valence-corrected chi connectivity index (χ3v) is 25.3. The van der Waals surface area contributed by atoms with Gasteiger partial charge >= 0.3 is 12.1 Å². The normalized spacial score (nSPS) is 42.6. The molecule has 55 heteroatoms. The van der Waals surface area contributed by atoms with Crippen molar-refractivity contribution in [2.45, 2.75) is 328 Å². The van der Waals surface area contributed by atoms with Gasteiger partial charge in [0.1, 0.15) is 232 Å². The maximum absolute atomic E-state index is 14.0. The fourth-order valence-corrected chi connectivity index (χ4v) is 18.3. The van der Waals surface area contributed by atoms with Gasteiger partial charge in [-0.15, -0.1) is 0 Å². The molecule has 137 heavy (non-hydrogen) atoms. The molecule has 30 N–H and O–H groups in total. The molecule has 5 amide bonds. The monoisotopic (exact) mass is 1980 g/mol. The van der Waals surface area contributed by atoms with E-state index in [9.17, 15) is 161 Å². The highest BCUT2D eigenvalue weighted by molar-refractivity contribution is 5.88. The Kier molecular flexibility index (Phi) is 38.1. The number of hydrogen-bond donors (Lipinski definition) is 30. The number of rotatable bonds is 37. The Balaban J connectivity index is 0.821. The first-order valence-electron chi connectivity index (χ1n) is 43.9. The zero-order valence-electron chi connectivity index (χ0n) is 73.6. The van der Waals surface area contributed by atoms with Gasteiger partial charge in [0.25, 0.3) is 0 Å². The van der Waals surface area contributed by atoms with Crippen LogP contribution in [0.4, 0.5) is 4.79 Å². The smallest absolute Gasteiger partial charge is 0.407 e. The fraction of sp³-hybridized carbons (Fsp3) is 0.768. The average Bonchev–Trinajstić information content (AvgIpc) is 1.74. The van der Waals surface area contributed by atoms with Gasteiger partial charge in [-0.25, -0.2) is 9.59 Å². The molecule has 0 aromatic heterocycles. The number of alkyl carbamates (subject to hydrolysis) is 1. The second-order valence-electron chi connectivity index (χ2n) is 34.6. The quantitative estimate of drug-likeness (QED) is 0.0299. The van der Waals surface area contributed by atoms with E-state index in [4.69, 9.17) is 85.3 Å². The number of aliphatic hydroxyl groups is 24. The van der Waals surface area contributed by atoms with Gasteiger partial charge in [-0.1, -0.05) is 48.5 Å². The number of fused-ring (bicyclic) bond motifs is 3. The van der Waals surface area contributed by atoms with E-state index in [1.54, 1.807) is 12.1 Å². The van der Waals surface area contributed by atoms with Crippen molar-refractivity contribution in [1.29, 1.82) is 0 Å². The van der Waals surface area contributed by atoms with E-state index in [2.05, 4.69) is 26.6 Å². The first-order chi connectivity index (χ1) is 65.1. The number of amides is 5. The molecule has 12 rings (SSSR count). The maximum atomic E-state index is 14.0. The highest BCUT2D eigenvalue weighted by atomic mass is 16.8. The lowest BCUT2D eigenvalue weighted by Crippen LogP contribution is -2.71. The van der Waals surface area contributed by atoms with Crippen LogP contribution in [0.25, 0.3) is 11.1 Å². The van der Waals surface area contributed by atoms with E-state index in [1.165, 1.54) is 0 Å². The molecule has 9 saturated heterocycles. The standard InChI is InChI=1S/C82H121N5O50/c1-25(96)83-46-36(14-29(100)13-35(73(117)118)87-82(119)121-23-34-32-11-7-5-9-30(32)31-10-6-8-12-33(31)34)122-41(19-92)66(55(46)106)131-74-47(84-26(2)97)56(107)69(44(22-95)127-74)134-79-65(116)70(135-81-72(62(113)53(104)40(18-91)126-81)137-76-49(86-28(4)99)58(109)68(43(21-94)129-76)133-78-64(115)60(111)51(102)38(16-89)124-78)54(105)45(130-79)24-120-80-71(61(112)52(103)39(17-90)125-80)136-75-48(85-27(3)98)57(108)67(42(20-93)128-75)132-77-63(114)59(110)50(101)37(15-88)123-77/h5-12,34-72,74-81,88-95,101-116H,13-24H2,1-4H3,(H,83,96)(H,84,97)(H,85,98)(H,86,99)(H,87,119)(H,117,118)/t35?,36-,37?,38?,39?,40?,41?,42?,43?,44?,45?,46?,47?,48?,49?,50?,51?,52?,53?,54?,55+,56+,57?,58?,59?,60?,61?,62?,63?,64?,65?,66+,67?,68?,69+,70?,71?,72?,74-,75?,76?,77?,78?,79?,80?,81?/m0/s1. The summed E-state index contributed by atoms with van der Waals surface area (Å²) in [6, 6.07) is 5.08. The summed E-state index contributed by atoms with van der Waals surface area (Å²) in [7, 11) is 0. The number of nitrogens with one attached hydrogen (secondary N) is 5. The molecule has 9 fully saturated rings. The van der Waals surface area contributed by atoms with Crippen LogP contribution in [0.1, 0.15) is 57.6 Å². The Morgan fingerprint density at radius 2 is 0.620 bits per heavy atom. The number of carboxylic acids is 1. The first-order valence-corrected chi connectivity index (χ1v) is 43.9. The number of carboxylic acid groups (broad SMARTS) is 1. The molecule has 10 aliphatic rings. The summed E-state index contributed by atoms with van der Waals surface area (Å²) in [4.78, 5) is 92.4. The minimum atomic E-state index is -2.65. The molecule has 46 atom stereocenters. The van der Waals surface area contributed by atoms with Crippen LogP contribution in [-0.4, -0.2) is 517 Å². The van der Waals surface area contributed by atoms with E-state index in [0.717, 1.165) is 49.9 Å². The number of carbonyl (C=O) groups excluding carboxylic acids is 6. The number of hydrogen-bond acceptors (Lipinski definition) is 49. The van der Waals surface area contributed by atoms with Crippen molar-refractivity contribution < 1.29 is 246 Å². The van der Waals surface area contributed by atoms with Crippen LogP contribution in [0.5, 0.6) is 0 Å². The summed E-state index contributed by atoms with van der Waals surface area (Å²) in [6.07, 6.45) is -90.2. The first kappa shape index (κ1) is 109. The van der Waals surface area contributed by atoms with Gasteiger partial charge < -0.3 is 240 Å². The predicted molar refractivity (Wildman–Crippen MR) is 435 cm³/mol. The van der Waals surface area contributed by atoms with E-state index < -0.39 is 402 Å². The number of carbonyl (C=O) groups is 7. The van der Waals surface area contributed by atoms with Gasteiger partial charge in [-0.3, -0.25) is 24.0 Å². The molecule has 1 aliphatic carbocycles. The van der Waals surface area contributed by atoms with Crippen LogP contribution in [0.2, 0.25) is 0 Å². The van der Waals surface area contributed by atoms with E-state index >= 15 is 0 Å². The maximum Gasteiger partial charge on any atom is 0.407 e. The van der Waals surface area contributed by atoms with Gasteiger partial charge in [0.15, 0.2) is 50.3 Å². The van der Waals surface area contributed by atoms with Crippen LogP contribution >= 0.6 is 0 Å². The zero-order valence-corrected chi connectivity index (χ0v) is 73.6. The van der Waals surface area contributed by atoms with Crippen molar-refractivity contribution in [3.8, 4) is 11.1 Å². The average molecular weight is 1980 g/mol. The lowest BCUT2D eigenvalue weighted by Gasteiger charge is -2.51. The van der Waals surface area contributed by atoms with Crippen LogP contribution in [0, 0.1) is 0 Å². The van der Waals surface area contributed by atoms with Crippen LogP contribution < -0.4 is 26.6 Å². The molecule has 0 saturated carbocycles. The van der Waals surface area contributed by atoms with Crippen LogP contribution in [-0.2, 0) is 114 Å². The van der Waals surface area contributed by atoms with Gasteiger partial charge in [0, 0.05) is 46.5 Å². The van der Waals surface area contributed by atoms with Crippen molar-refractivity contribution in [1.82, 2.24) is 26.6 Å². The minimum absolute atomic E-state index is 0.246. The molecule has 9 aliphatic heterocycles. The Labute approximate surface area is 777 Å². The number of benzene rings is 2. The number of ketones is 1. The number of Topliss-reactive ketones (excluding diaryl/α,β-unsaturated/α-hetero) is 1. The number of aliphatic hydroxyl groups excluding tert-OH is 24. The summed E-state index contributed by atoms with van der Waals surface area (Å²) in [5, 5.41) is 293. The van der Waals surface area contributed by atoms with Gasteiger partial charge in [-0.05, 0) is 22.3 Å². The third-order valence-electron chi connectivity index (χ3n) is 25.3. The van der Waals surface area contributed by atoms with E-state index in [0.29, 0.717) is 0 Å². The highest BCUT2D eigenvalue weighted by Crippen LogP contribution is 2.46. The molecule has 2 aromatic carbocycles. The Hall–Kier alpha value is -6.91. The zero-order chi connectivity index (χ0) is 99.9. The van der Waals surface area contributed by atoms with Crippen molar-refractivity contribution in [3.05, 3.63) is 59.7 Å². The van der Waals surface area contributed by atoms with Crippen LogP contribution in [0.15, 0.2) is 48.5 Å². The van der Waals surface area contributed by atoms with Crippen molar-refractivity contribution >= 4 is 41.5 Å². The molecule has 9 heterocycles. The molecular weight excluding hydrogens is 1850 g/mol. The Bertz CT molecular complexity index is 4250. The number of ether oxygens (including phenoxy) is 18. The van der Waals surface area contributed by atoms with Gasteiger partial charge in [0.05, 0.1) is 71.6 Å². The highest BCUT2D eigenvalue weighted by Gasteiger charge is 2.62. The van der Waals surface area contributed by atoms with Crippen molar-refractivity contribution in [2.75, 3.05) is 66.1 Å². The summed E-state index contributed by atoms with van der Waals surface area (Å²) in [5.41, 5.74) is 3.45. The molecule has 40 unspecified atom stereocenters. The van der Waals surface area contributed by atoms with E-state index in [1.807, 2.05) is 36.4 Å². The second-order valence-corrected chi connectivity index (χ2v) is 34.6. The lowest BCUT2D eigenvalue weighted by molar-refractivity contribution is -0.398. The van der Waals surface area contributed by atoms with Crippen molar-refractivity contribution in [3.63, 3.8) is 0 Å². The molecule has 0 spiro atoms. The summed E-state index contributed by atoms with van der Waals surface area (Å²) < 4.78 is 108. The lowest BCUT2D eigenvalue weighted by atomic mass is 9.88. The van der Waals surface area contributed by atoms with Crippen molar-refractivity contribution in [2.24, 2.45) is 0 Å². The summed E-state index contributed by atoms with van der Waals surface area (Å²) in [6.45, 7) is -6.79. The van der Waals surface area contributed by atoms with Gasteiger partial charge in [0.2, 0.25) is 23.6 Å². The molecule has 55 nitrogen and oxygen atoms in total. The predicted octanol–water partition coefficient (Wildman–Crippen LogP) is -16.7. The SMILES string of the molecule is CC(=O)NC1C(OC2C(OCC3OC(O[C@@H]4C(CO)O[C@@H](O[C@@H]5C(CO)O[C@@H](CC(=O)CC(NC(=O)OCC6c7ccccc7-c7ccccc76)C(=O)O)C(NC(C)=O)[C@H]5O)C(NC(C)=O)[C@H]4O)C(O)C(OC4OC(CO)C(O)C(O)C4OC4OC(CO)C(OC5OC(CO)C(O)C(O)C5O)C(O)C4NC(C)=O)C3O)OC(CO)C(O)C2O)OC(CO)C(OC2OC(CO)C(O)C(O)C2O)C1O. The second kappa shape index (κ2) is 48.0. The largest absolute Gasteiger partial charge is 0.480 e. The molecular formula is C82H121N5O50. The van der Waals surface area contributed by atoms with E-state index in [-0.39, 0.29) is 6.61 Å². The molecule has 0 bridgehead atoms. The fourth-order valence-electron chi connectivity index (χ4n) is 18.3. The summed E-state index contributed by atoms with van der Waals surface area (Å²) in [5.74, 6) is -6.92. The molecule has 2 aromatic rings. The Morgan fingerprint density at radius 1 is 0.307 bits per heavy atom. The summed E-state index contributed by atoms with van der Waals surface area (Å²) >= 11 is 0. The molecule has 0 radical (unpaired) electrons. The topological polar surface area (TPSA) is 852 Å².